The van der Waals surface area contributed by atoms with Gasteiger partial charge in [0.1, 0.15) is 36.1 Å². The Kier molecular flexibility index (Phi) is 5.94. The van der Waals surface area contributed by atoms with Gasteiger partial charge < -0.3 is 9.15 Å². The quantitative estimate of drug-likeness (QED) is 0.447. The number of aromatic nitrogens is 3. The van der Waals surface area contributed by atoms with Crippen molar-refractivity contribution in [2.24, 2.45) is 0 Å². The first-order valence-electron chi connectivity index (χ1n) is 9.09. The van der Waals surface area contributed by atoms with Gasteiger partial charge in [0, 0.05) is 5.56 Å². The van der Waals surface area contributed by atoms with Crippen molar-refractivity contribution in [3.8, 4) is 5.75 Å². The minimum Gasteiger partial charge on any atom is -0.484 e. The van der Waals surface area contributed by atoms with Crippen molar-refractivity contribution in [1.29, 1.82) is 0 Å². The molecule has 0 bridgehead atoms. The lowest BCUT2D eigenvalue weighted by Gasteiger charge is -2.06. The highest BCUT2D eigenvalue weighted by Crippen LogP contribution is 2.26. The summed E-state index contributed by atoms with van der Waals surface area (Å²) in [5.41, 5.74) is 0.446. The number of nitrogens with zero attached hydrogens (tertiary/aromatic N) is 3. The van der Waals surface area contributed by atoms with Crippen molar-refractivity contribution in [1.82, 2.24) is 14.8 Å². The van der Waals surface area contributed by atoms with Gasteiger partial charge in [-0.05, 0) is 36.4 Å². The van der Waals surface area contributed by atoms with Crippen molar-refractivity contribution in [3.63, 3.8) is 0 Å². The zero-order valence-electron chi connectivity index (χ0n) is 15.9. The van der Waals surface area contributed by atoms with Crippen LogP contribution in [0.5, 0.6) is 5.75 Å². The molecule has 2 aromatic carbocycles. The van der Waals surface area contributed by atoms with Gasteiger partial charge in [-0.2, -0.15) is 0 Å². The van der Waals surface area contributed by atoms with E-state index < -0.39 is 11.7 Å². The van der Waals surface area contributed by atoms with Crippen LogP contribution in [0.4, 0.5) is 14.7 Å². The SMILES string of the molecule is O=C(Nc1ncn(Cc2ccccc2F)n1)c1ccc(COc2ccc(F)cc2Cl)o1. The molecule has 7 nitrogen and oxygen atoms in total. The van der Waals surface area contributed by atoms with Gasteiger partial charge in [-0.15, -0.1) is 5.10 Å². The minimum atomic E-state index is -0.560. The molecule has 4 aromatic rings. The van der Waals surface area contributed by atoms with Gasteiger partial charge in [0.2, 0.25) is 5.95 Å². The number of hydrogen-bond acceptors (Lipinski definition) is 5. The van der Waals surface area contributed by atoms with Crippen LogP contribution in [0.25, 0.3) is 0 Å². The molecule has 2 heterocycles. The van der Waals surface area contributed by atoms with Crippen LogP contribution in [-0.4, -0.2) is 20.7 Å². The maximum absolute atomic E-state index is 13.7. The van der Waals surface area contributed by atoms with E-state index in [0.29, 0.717) is 11.3 Å². The molecule has 0 saturated heterocycles. The summed E-state index contributed by atoms with van der Waals surface area (Å²) in [7, 11) is 0. The molecular weight excluding hydrogens is 430 g/mol. The molecule has 0 fully saturated rings. The Hall–Kier alpha value is -3.72. The predicted molar refractivity (Wildman–Crippen MR) is 108 cm³/mol. The third-order valence-electron chi connectivity index (χ3n) is 4.20. The van der Waals surface area contributed by atoms with E-state index in [2.05, 4.69) is 15.4 Å². The Labute approximate surface area is 180 Å². The second-order valence-corrected chi connectivity index (χ2v) is 6.85. The van der Waals surface area contributed by atoms with Crippen molar-refractivity contribution in [2.75, 3.05) is 5.32 Å². The third kappa shape index (κ3) is 5.07. The van der Waals surface area contributed by atoms with E-state index in [9.17, 15) is 13.6 Å². The number of carbonyl (C=O) groups is 1. The van der Waals surface area contributed by atoms with E-state index in [1.54, 1.807) is 24.3 Å². The van der Waals surface area contributed by atoms with Gasteiger partial charge in [0.15, 0.2) is 5.76 Å². The standard InChI is InChI=1S/C21H15ClF2N4O3/c22-16-9-14(23)5-7-18(16)30-11-15-6-8-19(31-15)20(29)26-21-25-12-28(27-21)10-13-3-1-2-4-17(13)24/h1-9,12H,10-11H2,(H,26,27,29). The fourth-order valence-corrected chi connectivity index (χ4v) is 2.93. The summed E-state index contributed by atoms with van der Waals surface area (Å²) in [5.74, 6) is -0.661. The lowest BCUT2D eigenvalue weighted by Crippen LogP contribution is -2.12. The Morgan fingerprint density at radius 3 is 2.81 bits per heavy atom. The lowest BCUT2D eigenvalue weighted by atomic mass is 10.2. The van der Waals surface area contributed by atoms with Crippen LogP contribution in [0.15, 0.2) is 65.3 Å². The van der Waals surface area contributed by atoms with Crippen LogP contribution in [-0.2, 0) is 13.2 Å². The summed E-state index contributed by atoms with van der Waals surface area (Å²) >= 11 is 5.91. The summed E-state index contributed by atoms with van der Waals surface area (Å²) in [6, 6.07) is 13.1. The summed E-state index contributed by atoms with van der Waals surface area (Å²) in [5, 5.41) is 6.74. The average molecular weight is 445 g/mol. The third-order valence-corrected chi connectivity index (χ3v) is 4.50. The predicted octanol–water partition coefficient (Wildman–Crippen LogP) is 4.68. The van der Waals surface area contributed by atoms with E-state index in [-0.39, 0.29) is 41.4 Å². The molecule has 0 unspecified atom stereocenters. The molecule has 4 rings (SSSR count). The lowest BCUT2D eigenvalue weighted by molar-refractivity contribution is 0.0991. The van der Waals surface area contributed by atoms with Gasteiger partial charge in [-0.3, -0.25) is 10.1 Å². The summed E-state index contributed by atoms with van der Waals surface area (Å²) in [6.45, 7) is 0.165. The Bertz CT molecular complexity index is 1220. The first-order chi connectivity index (χ1) is 15.0. The van der Waals surface area contributed by atoms with E-state index >= 15 is 0 Å². The van der Waals surface area contributed by atoms with Crippen molar-refractivity contribution in [3.05, 3.63) is 94.7 Å². The highest BCUT2D eigenvalue weighted by atomic mass is 35.5. The molecular formula is C21H15ClF2N4O3. The van der Waals surface area contributed by atoms with Crippen LogP contribution in [0.1, 0.15) is 21.9 Å². The molecule has 10 heteroatoms. The molecule has 2 aromatic heterocycles. The number of halogens is 3. The number of rotatable bonds is 7. The van der Waals surface area contributed by atoms with Crippen LogP contribution in [0.3, 0.4) is 0 Å². The zero-order valence-corrected chi connectivity index (χ0v) is 16.6. The van der Waals surface area contributed by atoms with E-state index in [1.807, 2.05) is 0 Å². The number of benzene rings is 2. The highest BCUT2D eigenvalue weighted by Gasteiger charge is 2.15. The van der Waals surface area contributed by atoms with Crippen molar-refractivity contribution < 1.29 is 22.7 Å². The van der Waals surface area contributed by atoms with Gasteiger partial charge in [-0.1, -0.05) is 29.8 Å². The number of amides is 1. The molecule has 31 heavy (non-hydrogen) atoms. The van der Waals surface area contributed by atoms with Crippen molar-refractivity contribution >= 4 is 23.5 Å². The molecule has 1 amide bonds. The number of carbonyl (C=O) groups excluding carboxylic acids is 1. The van der Waals surface area contributed by atoms with E-state index in [4.69, 9.17) is 20.8 Å². The first kappa shape index (κ1) is 20.5. The van der Waals surface area contributed by atoms with Crippen LogP contribution in [0.2, 0.25) is 5.02 Å². The Balaban J connectivity index is 1.35. The number of anilines is 1. The molecule has 0 spiro atoms. The maximum Gasteiger partial charge on any atom is 0.293 e. The maximum atomic E-state index is 13.7. The van der Waals surface area contributed by atoms with Gasteiger partial charge in [0.05, 0.1) is 11.6 Å². The molecule has 0 saturated carbocycles. The second-order valence-electron chi connectivity index (χ2n) is 6.44. The summed E-state index contributed by atoms with van der Waals surface area (Å²) in [4.78, 5) is 16.4. The normalized spacial score (nSPS) is 10.8. The largest absolute Gasteiger partial charge is 0.484 e. The molecule has 0 aliphatic carbocycles. The van der Waals surface area contributed by atoms with Crippen LogP contribution >= 0.6 is 11.6 Å². The fourth-order valence-electron chi connectivity index (χ4n) is 2.71. The van der Waals surface area contributed by atoms with Gasteiger partial charge in [0.25, 0.3) is 5.91 Å². The molecule has 0 aliphatic rings. The number of ether oxygens (including phenoxy) is 1. The minimum absolute atomic E-state index is 0.00580. The smallest absolute Gasteiger partial charge is 0.293 e. The van der Waals surface area contributed by atoms with Crippen LogP contribution in [0, 0.1) is 11.6 Å². The average Bonchev–Trinajstić information content (AvgIpc) is 3.39. The van der Waals surface area contributed by atoms with Crippen molar-refractivity contribution in [2.45, 2.75) is 13.2 Å². The topological polar surface area (TPSA) is 82.2 Å². The summed E-state index contributed by atoms with van der Waals surface area (Å²) < 4.78 is 39.2. The fraction of sp³-hybridized carbons (Fsp3) is 0.0952. The second kappa shape index (κ2) is 8.97. The monoisotopic (exact) mass is 444 g/mol. The zero-order chi connectivity index (χ0) is 21.8. The number of nitrogens with one attached hydrogen (secondary N) is 1. The Morgan fingerprint density at radius 2 is 2.00 bits per heavy atom. The molecule has 0 atom stereocenters. The van der Waals surface area contributed by atoms with E-state index in [1.165, 1.54) is 35.3 Å². The number of furan rings is 1. The molecule has 1 N–H and O–H groups in total. The number of hydrogen-bond donors (Lipinski definition) is 1. The molecule has 0 aliphatic heterocycles. The van der Waals surface area contributed by atoms with Gasteiger partial charge >= 0.3 is 0 Å². The molecule has 0 radical (unpaired) electrons. The first-order valence-corrected chi connectivity index (χ1v) is 9.46. The van der Waals surface area contributed by atoms with Gasteiger partial charge in [-0.25, -0.2) is 18.4 Å². The highest BCUT2D eigenvalue weighted by molar-refractivity contribution is 6.32. The molecule has 158 valence electrons. The summed E-state index contributed by atoms with van der Waals surface area (Å²) in [6.07, 6.45) is 1.38. The Morgan fingerprint density at radius 1 is 1.16 bits per heavy atom. The van der Waals surface area contributed by atoms with E-state index in [0.717, 1.165) is 6.07 Å². The van der Waals surface area contributed by atoms with Crippen LogP contribution < -0.4 is 10.1 Å².